The average molecular weight is 368 g/mol. The van der Waals surface area contributed by atoms with Crippen LogP contribution < -0.4 is 14.8 Å². The lowest BCUT2D eigenvalue weighted by molar-refractivity contribution is 0.0601. The van der Waals surface area contributed by atoms with Crippen molar-refractivity contribution in [2.45, 2.75) is 0 Å². The SMILES string of the molecule is COC(=O)c1cc(OC)c(OC)cc1NC(=O)c1ccc(F)cc1Cl. The van der Waals surface area contributed by atoms with Crippen LogP contribution in [0.5, 0.6) is 11.5 Å². The van der Waals surface area contributed by atoms with Crippen molar-refractivity contribution in [1.29, 1.82) is 0 Å². The van der Waals surface area contributed by atoms with E-state index in [-0.39, 0.29) is 21.8 Å². The number of hydrogen-bond acceptors (Lipinski definition) is 5. The largest absolute Gasteiger partial charge is 0.493 e. The van der Waals surface area contributed by atoms with Gasteiger partial charge in [0, 0.05) is 12.1 Å². The predicted molar refractivity (Wildman–Crippen MR) is 90.2 cm³/mol. The van der Waals surface area contributed by atoms with E-state index in [2.05, 4.69) is 5.32 Å². The fourth-order valence-electron chi connectivity index (χ4n) is 2.12. The Morgan fingerprint density at radius 1 is 1.00 bits per heavy atom. The van der Waals surface area contributed by atoms with Crippen LogP contribution in [0.3, 0.4) is 0 Å². The third kappa shape index (κ3) is 4.00. The molecule has 0 radical (unpaired) electrons. The molecule has 0 aliphatic carbocycles. The highest BCUT2D eigenvalue weighted by Crippen LogP contribution is 2.34. The van der Waals surface area contributed by atoms with E-state index < -0.39 is 17.7 Å². The quantitative estimate of drug-likeness (QED) is 0.818. The maximum atomic E-state index is 13.1. The van der Waals surface area contributed by atoms with Gasteiger partial charge in [-0.2, -0.15) is 0 Å². The van der Waals surface area contributed by atoms with E-state index in [9.17, 15) is 14.0 Å². The summed E-state index contributed by atoms with van der Waals surface area (Å²) < 4.78 is 28.2. The first-order chi connectivity index (χ1) is 11.9. The van der Waals surface area contributed by atoms with E-state index in [1.165, 1.54) is 39.5 Å². The van der Waals surface area contributed by atoms with Crippen LogP contribution >= 0.6 is 11.6 Å². The molecule has 2 aromatic rings. The molecule has 0 aliphatic rings. The Kier molecular flexibility index (Phi) is 5.82. The summed E-state index contributed by atoms with van der Waals surface area (Å²) in [7, 11) is 4.04. The molecule has 0 saturated carbocycles. The summed E-state index contributed by atoms with van der Waals surface area (Å²) in [5, 5.41) is 2.49. The summed E-state index contributed by atoms with van der Waals surface area (Å²) in [6.07, 6.45) is 0. The molecule has 0 fully saturated rings. The summed E-state index contributed by atoms with van der Waals surface area (Å²) in [4.78, 5) is 24.4. The molecule has 0 unspecified atom stereocenters. The minimum atomic E-state index is -0.679. The van der Waals surface area contributed by atoms with E-state index >= 15 is 0 Å². The molecule has 0 saturated heterocycles. The van der Waals surface area contributed by atoms with E-state index in [1.54, 1.807) is 0 Å². The number of benzene rings is 2. The van der Waals surface area contributed by atoms with Gasteiger partial charge in [-0.15, -0.1) is 0 Å². The highest BCUT2D eigenvalue weighted by Gasteiger charge is 2.20. The van der Waals surface area contributed by atoms with E-state index in [4.69, 9.17) is 25.8 Å². The summed E-state index contributed by atoms with van der Waals surface area (Å²) in [6, 6.07) is 6.17. The Labute approximate surface area is 148 Å². The van der Waals surface area contributed by atoms with Gasteiger partial charge in [0.2, 0.25) is 0 Å². The van der Waals surface area contributed by atoms with Gasteiger partial charge in [-0.3, -0.25) is 4.79 Å². The highest BCUT2D eigenvalue weighted by atomic mass is 35.5. The molecule has 132 valence electrons. The number of ether oxygens (including phenoxy) is 3. The number of nitrogens with one attached hydrogen (secondary N) is 1. The fourth-order valence-corrected chi connectivity index (χ4v) is 2.38. The summed E-state index contributed by atoms with van der Waals surface area (Å²) in [5.74, 6) is -1.27. The van der Waals surface area contributed by atoms with Crippen LogP contribution in [0.1, 0.15) is 20.7 Å². The van der Waals surface area contributed by atoms with Crippen molar-refractivity contribution in [3.63, 3.8) is 0 Å². The standard InChI is InChI=1S/C17H15ClFNO5/c1-23-14-7-11(17(22)25-3)13(8-15(14)24-2)20-16(21)10-5-4-9(19)6-12(10)18/h4-8H,1-3H3,(H,20,21). The summed E-state index contributed by atoms with van der Waals surface area (Å²) >= 11 is 5.89. The highest BCUT2D eigenvalue weighted by molar-refractivity contribution is 6.34. The van der Waals surface area contributed by atoms with Gasteiger partial charge in [0.05, 0.1) is 43.2 Å². The molecule has 25 heavy (non-hydrogen) atoms. The molecule has 0 atom stereocenters. The van der Waals surface area contributed by atoms with Crippen LogP contribution in [0, 0.1) is 5.82 Å². The zero-order chi connectivity index (χ0) is 18.6. The first-order valence-electron chi connectivity index (χ1n) is 7.02. The van der Waals surface area contributed by atoms with Crippen molar-refractivity contribution < 1.29 is 28.2 Å². The maximum absolute atomic E-state index is 13.1. The third-order valence-electron chi connectivity index (χ3n) is 3.35. The third-order valence-corrected chi connectivity index (χ3v) is 3.67. The lowest BCUT2D eigenvalue weighted by atomic mass is 10.1. The first-order valence-corrected chi connectivity index (χ1v) is 7.39. The molecule has 2 aromatic carbocycles. The second-order valence-electron chi connectivity index (χ2n) is 4.82. The zero-order valence-electron chi connectivity index (χ0n) is 13.7. The number of methoxy groups -OCH3 is 3. The lowest BCUT2D eigenvalue weighted by Crippen LogP contribution is -2.16. The van der Waals surface area contributed by atoms with Crippen LogP contribution in [-0.2, 0) is 4.74 Å². The fraction of sp³-hybridized carbons (Fsp3) is 0.176. The van der Waals surface area contributed by atoms with Gasteiger partial charge in [-0.05, 0) is 18.2 Å². The smallest absolute Gasteiger partial charge is 0.340 e. The number of esters is 1. The Morgan fingerprint density at radius 3 is 2.20 bits per heavy atom. The number of anilines is 1. The molecule has 2 rings (SSSR count). The minimum Gasteiger partial charge on any atom is -0.493 e. The van der Waals surface area contributed by atoms with Crippen molar-refractivity contribution in [2.75, 3.05) is 26.6 Å². The maximum Gasteiger partial charge on any atom is 0.340 e. The Bertz CT molecular complexity index is 825. The average Bonchev–Trinajstić information content (AvgIpc) is 2.60. The van der Waals surface area contributed by atoms with Gasteiger partial charge in [-0.1, -0.05) is 11.6 Å². The normalized spacial score (nSPS) is 10.1. The molecule has 8 heteroatoms. The number of rotatable bonds is 5. The Hall–Kier alpha value is -2.80. The Morgan fingerprint density at radius 2 is 1.64 bits per heavy atom. The van der Waals surface area contributed by atoms with Gasteiger partial charge >= 0.3 is 5.97 Å². The number of hydrogen-bond donors (Lipinski definition) is 1. The molecular formula is C17H15ClFNO5. The van der Waals surface area contributed by atoms with Crippen molar-refractivity contribution >= 4 is 29.2 Å². The summed E-state index contributed by atoms with van der Waals surface area (Å²) in [5.41, 5.74) is 0.246. The monoisotopic (exact) mass is 367 g/mol. The zero-order valence-corrected chi connectivity index (χ0v) is 14.4. The minimum absolute atomic E-state index is 0.0497. The molecule has 0 aromatic heterocycles. The molecule has 6 nitrogen and oxygen atoms in total. The number of carbonyl (C=O) groups excluding carboxylic acids is 2. The molecule has 0 heterocycles. The Balaban J connectivity index is 2.46. The number of amides is 1. The number of carbonyl (C=O) groups is 2. The van der Waals surface area contributed by atoms with E-state index in [0.717, 1.165) is 12.1 Å². The van der Waals surface area contributed by atoms with E-state index in [0.29, 0.717) is 11.5 Å². The van der Waals surface area contributed by atoms with Crippen LogP contribution in [0.25, 0.3) is 0 Å². The van der Waals surface area contributed by atoms with Gasteiger partial charge in [0.15, 0.2) is 11.5 Å². The molecule has 0 spiro atoms. The first kappa shape index (κ1) is 18.5. The predicted octanol–water partition coefficient (Wildman–Crippen LogP) is 3.54. The molecule has 0 bridgehead atoms. The lowest BCUT2D eigenvalue weighted by Gasteiger charge is -2.15. The summed E-state index contributed by atoms with van der Waals surface area (Å²) in [6.45, 7) is 0. The van der Waals surface area contributed by atoms with Crippen molar-refractivity contribution in [3.05, 3.63) is 52.3 Å². The van der Waals surface area contributed by atoms with Crippen LogP contribution in [0.4, 0.5) is 10.1 Å². The number of halogens is 2. The van der Waals surface area contributed by atoms with Gasteiger partial charge in [0.25, 0.3) is 5.91 Å². The van der Waals surface area contributed by atoms with Gasteiger partial charge in [0.1, 0.15) is 5.82 Å². The topological polar surface area (TPSA) is 73.9 Å². The second kappa shape index (κ2) is 7.85. The van der Waals surface area contributed by atoms with Gasteiger partial charge < -0.3 is 19.5 Å². The molecule has 1 N–H and O–H groups in total. The van der Waals surface area contributed by atoms with Crippen molar-refractivity contribution in [3.8, 4) is 11.5 Å². The van der Waals surface area contributed by atoms with Crippen molar-refractivity contribution in [2.24, 2.45) is 0 Å². The van der Waals surface area contributed by atoms with Crippen LogP contribution in [0.15, 0.2) is 30.3 Å². The second-order valence-corrected chi connectivity index (χ2v) is 5.23. The van der Waals surface area contributed by atoms with Crippen LogP contribution in [0.2, 0.25) is 5.02 Å². The van der Waals surface area contributed by atoms with Crippen LogP contribution in [-0.4, -0.2) is 33.2 Å². The van der Waals surface area contributed by atoms with E-state index in [1.807, 2.05) is 0 Å². The molecular weight excluding hydrogens is 353 g/mol. The van der Waals surface area contributed by atoms with Gasteiger partial charge in [-0.25, -0.2) is 9.18 Å². The molecule has 1 amide bonds. The molecule has 0 aliphatic heterocycles. The van der Waals surface area contributed by atoms with Crippen molar-refractivity contribution in [1.82, 2.24) is 0 Å².